The fourth-order valence-corrected chi connectivity index (χ4v) is 2.56. The first-order valence-electron chi connectivity index (χ1n) is 8.31. The molecule has 0 bridgehead atoms. The van der Waals surface area contributed by atoms with Crippen molar-refractivity contribution in [1.29, 1.82) is 5.26 Å². The molecule has 0 spiro atoms. The molecule has 1 amide bonds. The third kappa shape index (κ3) is 4.38. The first kappa shape index (κ1) is 19.8. The van der Waals surface area contributed by atoms with Crippen molar-refractivity contribution in [1.82, 2.24) is 0 Å². The van der Waals surface area contributed by atoms with E-state index in [0.717, 1.165) is 11.1 Å². The van der Waals surface area contributed by atoms with Gasteiger partial charge in [-0.15, -0.1) is 0 Å². The number of nitrogens with zero attached hydrogens (tertiary/aromatic N) is 4. The lowest BCUT2D eigenvalue weighted by Crippen LogP contribution is -2.16. The average molecular weight is 363 g/mol. The van der Waals surface area contributed by atoms with Crippen LogP contribution in [0, 0.1) is 18.3 Å². The second-order valence-electron chi connectivity index (χ2n) is 7.11. The number of ether oxygens (including phenoxy) is 1. The summed E-state index contributed by atoms with van der Waals surface area (Å²) < 4.78 is 5.35. The van der Waals surface area contributed by atoms with E-state index in [9.17, 15) is 10.1 Å². The maximum Gasteiger partial charge on any atom is 0.255 e. The molecule has 0 saturated heterocycles. The molecule has 0 saturated carbocycles. The van der Waals surface area contributed by atoms with Gasteiger partial charge in [-0.2, -0.15) is 5.26 Å². The third-order valence-corrected chi connectivity index (χ3v) is 4.15. The lowest BCUT2D eigenvalue weighted by Gasteiger charge is -2.22. The molecule has 1 N–H and O–H groups in total. The van der Waals surface area contributed by atoms with E-state index in [0.29, 0.717) is 28.3 Å². The molecule has 0 aliphatic carbocycles. The van der Waals surface area contributed by atoms with Gasteiger partial charge in [0.05, 0.1) is 18.4 Å². The van der Waals surface area contributed by atoms with Crippen LogP contribution >= 0.6 is 0 Å². The Kier molecular flexibility index (Phi) is 5.74. The summed E-state index contributed by atoms with van der Waals surface area (Å²) in [6.45, 7) is 7.86. The number of carbonyl (C=O) groups is 1. The van der Waals surface area contributed by atoms with Crippen LogP contribution in [0.25, 0.3) is 10.4 Å². The van der Waals surface area contributed by atoms with Crippen molar-refractivity contribution in [2.24, 2.45) is 5.11 Å². The summed E-state index contributed by atoms with van der Waals surface area (Å²) >= 11 is 0. The van der Waals surface area contributed by atoms with Crippen LogP contribution in [0.1, 0.15) is 47.8 Å². The first-order valence-corrected chi connectivity index (χ1v) is 8.31. The van der Waals surface area contributed by atoms with Crippen LogP contribution in [0.3, 0.4) is 0 Å². The topological polar surface area (TPSA) is 111 Å². The Morgan fingerprint density at radius 3 is 2.56 bits per heavy atom. The number of aryl methyl sites for hydroxylation is 1. The lowest BCUT2D eigenvalue weighted by molar-refractivity contribution is 0.102. The second kappa shape index (κ2) is 7.81. The van der Waals surface area contributed by atoms with Crippen LogP contribution in [-0.4, -0.2) is 13.0 Å². The van der Waals surface area contributed by atoms with E-state index in [1.165, 1.54) is 13.2 Å². The molecule has 7 nitrogen and oxygen atoms in total. The van der Waals surface area contributed by atoms with Gasteiger partial charge in [-0.25, -0.2) is 0 Å². The standard InChI is InChI=1S/C20H21N5O2/c1-12-6-7-13(9-16(12)24-25-22)19(26)23-17-10-15(20(2,3)4)8-14(11-21)18(17)27-5/h6-10H,1-5H3,(H,23,26). The highest BCUT2D eigenvalue weighted by Crippen LogP contribution is 2.35. The third-order valence-electron chi connectivity index (χ3n) is 4.15. The predicted octanol–water partition coefficient (Wildman–Crippen LogP) is 5.37. The Labute approximate surface area is 158 Å². The number of nitrogens with one attached hydrogen (secondary N) is 1. The number of rotatable bonds is 4. The Balaban J connectivity index is 2.50. The van der Waals surface area contributed by atoms with Gasteiger partial charge in [0, 0.05) is 16.2 Å². The molecule has 0 radical (unpaired) electrons. The summed E-state index contributed by atoms with van der Waals surface area (Å²) in [6.07, 6.45) is 0. The highest BCUT2D eigenvalue weighted by molar-refractivity contribution is 6.05. The number of hydrogen-bond acceptors (Lipinski definition) is 4. The van der Waals surface area contributed by atoms with Gasteiger partial charge < -0.3 is 10.1 Å². The summed E-state index contributed by atoms with van der Waals surface area (Å²) in [4.78, 5) is 15.5. The zero-order valence-corrected chi connectivity index (χ0v) is 16.0. The van der Waals surface area contributed by atoms with E-state index in [-0.39, 0.29) is 5.41 Å². The molecule has 2 aromatic carbocycles. The molecule has 0 fully saturated rings. The minimum atomic E-state index is -0.391. The second-order valence-corrected chi connectivity index (χ2v) is 7.11. The molecular weight excluding hydrogens is 342 g/mol. The van der Waals surface area contributed by atoms with Crippen molar-refractivity contribution in [3.05, 3.63) is 63.0 Å². The molecule has 138 valence electrons. The van der Waals surface area contributed by atoms with Crippen molar-refractivity contribution in [2.75, 3.05) is 12.4 Å². The fourth-order valence-electron chi connectivity index (χ4n) is 2.56. The maximum atomic E-state index is 12.7. The van der Waals surface area contributed by atoms with Gasteiger partial charge in [0.2, 0.25) is 0 Å². The van der Waals surface area contributed by atoms with Gasteiger partial charge in [-0.1, -0.05) is 32.0 Å². The lowest BCUT2D eigenvalue weighted by atomic mass is 9.85. The number of benzene rings is 2. The minimum Gasteiger partial charge on any atom is -0.493 e. The van der Waals surface area contributed by atoms with E-state index >= 15 is 0 Å². The summed E-state index contributed by atoms with van der Waals surface area (Å²) in [5.41, 5.74) is 11.6. The van der Waals surface area contributed by atoms with Crippen LogP contribution in [0.4, 0.5) is 11.4 Å². The van der Waals surface area contributed by atoms with Gasteiger partial charge in [0.25, 0.3) is 5.91 Å². The van der Waals surface area contributed by atoms with Crippen molar-refractivity contribution < 1.29 is 9.53 Å². The summed E-state index contributed by atoms with van der Waals surface area (Å²) in [5.74, 6) is -0.0844. The number of azide groups is 1. The van der Waals surface area contributed by atoms with E-state index in [1.54, 1.807) is 31.2 Å². The van der Waals surface area contributed by atoms with Crippen LogP contribution < -0.4 is 10.1 Å². The SMILES string of the molecule is COc1c(C#N)cc(C(C)(C)C)cc1NC(=O)c1ccc(C)c(N=[N+]=[N-])c1. The molecule has 7 heteroatoms. The molecule has 0 aliphatic heterocycles. The van der Waals surface area contributed by atoms with Crippen molar-refractivity contribution in [3.8, 4) is 11.8 Å². The minimum absolute atomic E-state index is 0.212. The molecule has 0 aromatic heterocycles. The van der Waals surface area contributed by atoms with E-state index < -0.39 is 5.91 Å². The first-order chi connectivity index (χ1) is 12.7. The highest BCUT2D eigenvalue weighted by Gasteiger charge is 2.21. The van der Waals surface area contributed by atoms with Crippen molar-refractivity contribution in [3.63, 3.8) is 0 Å². The predicted molar refractivity (Wildman–Crippen MR) is 104 cm³/mol. The van der Waals surface area contributed by atoms with Gasteiger partial charge in [0.15, 0.2) is 5.75 Å². The Bertz CT molecular complexity index is 977. The molecule has 27 heavy (non-hydrogen) atoms. The molecule has 0 atom stereocenters. The highest BCUT2D eigenvalue weighted by atomic mass is 16.5. The van der Waals surface area contributed by atoms with E-state index in [4.69, 9.17) is 10.3 Å². The molecule has 0 aliphatic rings. The van der Waals surface area contributed by atoms with Gasteiger partial charge in [-0.3, -0.25) is 4.79 Å². The molecule has 2 rings (SSSR count). The van der Waals surface area contributed by atoms with E-state index in [2.05, 4.69) is 21.4 Å². The average Bonchev–Trinajstić information content (AvgIpc) is 2.62. The van der Waals surface area contributed by atoms with Gasteiger partial charge >= 0.3 is 0 Å². The molecule has 0 heterocycles. The maximum absolute atomic E-state index is 12.7. The molecule has 2 aromatic rings. The largest absolute Gasteiger partial charge is 0.493 e. The Morgan fingerprint density at radius 1 is 1.30 bits per heavy atom. The molecule has 0 unspecified atom stereocenters. The Morgan fingerprint density at radius 2 is 2.00 bits per heavy atom. The van der Waals surface area contributed by atoms with Gasteiger partial charge in [0.1, 0.15) is 6.07 Å². The fraction of sp³-hybridized carbons (Fsp3) is 0.300. The number of hydrogen-bond donors (Lipinski definition) is 1. The van der Waals surface area contributed by atoms with Crippen molar-refractivity contribution >= 4 is 17.3 Å². The Hall–Kier alpha value is -3.49. The van der Waals surface area contributed by atoms with Crippen LogP contribution in [0.15, 0.2) is 35.4 Å². The number of amides is 1. The zero-order valence-electron chi connectivity index (χ0n) is 16.0. The normalized spacial score (nSPS) is 10.5. The summed E-state index contributed by atoms with van der Waals surface area (Å²) in [7, 11) is 1.45. The van der Waals surface area contributed by atoms with E-state index in [1.807, 2.05) is 20.8 Å². The number of nitriles is 1. The van der Waals surface area contributed by atoms with Crippen LogP contribution in [-0.2, 0) is 5.41 Å². The number of carbonyl (C=O) groups excluding carboxylic acids is 1. The molecular formula is C20H21N5O2. The zero-order chi connectivity index (χ0) is 20.2. The number of methoxy groups -OCH3 is 1. The summed E-state index contributed by atoms with van der Waals surface area (Å²) in [6, 6.07) is 10.6. The van der Waals surface area contributed by atoms with Crippen LogP contribution in [0.2, 0.25) is 0 Å². The van der Waals surface area contributed by atoms with Crippen molar-refractivity contribution in [2.45, 2.75) is 33.1 Å². The summed E-state index contributed by atoms with van der Waals surface area (Å²) in [5, 5.41) is 15.9. The number of anilines is 1. The smallest absolute Gasteiger partial charge is 0.255 e. The van der Waals surface area contributed by atoms with Gasteiger partial charge in [-0.05, 0) is 53.3 Å². The monoisotopic (exact) mass is 363 g/mol. The van der Waals surface area contributed by atoms with Crippen LogP contribution in [0.5, 0.6) is 5.75 Å². The quantitative estimate of drug-likeness (QED) is 0.448.